The van der Waals surface area contributed by atoms with Gasteiger partial charge in [-0.2, -0.15) is 18.2 Å². The molecule has 14 heteroatoms. The second-order valence-electron chi connectivity index (χ2n) is 9.05. The van der Waals surface area contributed by atoms with Gasteiger partial charge in [0, 0.05) is 24.4 Å². The molecule has 0 aliphatic carbocycles. The van der Waals surface area contributed by atoms with Gasteiger partial charge in [0.05, 0.1) is 22.9 Å². The Kier molecular flexibility index (Phi) is 8.04. The van der Waals surface area contributed by atoms with Gasteiger partial charge in [0.1, 0.15) is 29.0 Å². The van der Waals surface area contributed by atoms with Crippen LogP contribution in [0.25, 0.3) is 33.5 Å². The molecule has 8 nitrogen and oxygen atoms in total. The van der Waals surface area contributed by atoms with Crippen LogP contribution in [0.3, 0.4) is 0 Å². The van der Waals surface area contributed by atoms with Gasteiger partial charge in [0.15, 0.2) is 6.61 Å². The van der Waals surface area contributed by atoms with Gasteiger partial charge in [-0.25, -0.2) is 23.1 Å². The van der Waals surface area contributed by atoms with Crippen molar-refractivity contribution in [2.45, 2.75) is 24.9 Å². The second kappa shape index (κ2) is 11.8. The molecule has 4 heterocycles. The average molecular weight is 586 g/mol. The fraction of sp³-hybridized carbons (Fsp3) is 0.179. The third-order valence-electron chi connectivity index (χ3n) is 6.15. The van der Waals surface area contributed by atoms with E-state index < -0.39 is 43.3 Å². The largest absolute Gasteiger partial charge is 0.466 e. The zero-order valence-corrected chi connectivity index (χ0v) is 21.4. The number of carbonyl (C=O) groups is 1. The SMILES string of the molecule is O=C(Nc1cc(-c2[nH]c3c(OCC(F)(F)F)ncnc3c2-c2ccccn2)ccn1)C(CC(F)F)c1ccc(F)cc1. The van der Waals surface area contributed by atoms with Crippen LogP contribution in [0.4, 0.5) is 32.2 Å². The molecule has 5 aromatic rings. The summed E-state index contributed by atoms with van der Waals surface area (Å²) in [5, 5.41) is 2.53. The van der Waals surface area contributed by atoms with Crippen LogP contribution in [0.2, 0.25) is 0 Å². The van der Waals surface area contributed by atoms with Crippen molar-refractivity contribution in [2.75, 3.05) is 11.9 Å². The molecule has 0 saturated heterocycles. The van der Waals surface area contributed by atoms with E-state index in [0.717, 1.165) is 18.5 Å². The Labute approximate surface area is 233 Å². The zero-order valence-electron chi connectivity index (χ0n) is 21.4. The van der Waals surface area contributed by atoms with Crippen molar-refractivity contribution < 1.29 is 35.9 Å². The number of ether oxygens (including phenoxy) is 1. The standard InChI is InChI=1S/C28H20F6N6O2/c29-17-6-4-15(5-7-17)18(12-20(30)31)26(41)39-21-11-16(8-10-36-21)23-22(19-3-1-2-9-35-19)24-25(40-23)27(38-14-37-24)42-13-28(32,33)34/h1-11,14,18,20,40H,12-13H2,(H,36,39,41). The summed E-state index contributed by atoms with van der Waals surface area (Å²) in [4.78, 5) is 32.7. The van der Waals surface area contributed by atoms with Crippen molar-refractivity contribution in [2.24, 2.45) is 0 Å². The van der Waals surface area contributed by atoms with Crippen molar-refractivity contribution in [3.8, 4) is 28.4 Å². The van der Waals surface area contributed by atoms with E-state index in [1.54, 1.807) is 24.3 Å². The molecular formula is C28H20F6N6O2. The molecule has 0 aliphatic heterocycles. The predicted molar refractivity (Wildman–Crippen MR) is 140 cm³/mol. The van der Waals surface area contributed by atoms with Crippen LogP contribution in [0, 0.1) is 5.82 Å². The predicted octanol–water partition coefficient (Wildman–Crippen LogP) is 6.54. The van der Waals surface area contributed by atoms with E-state index in [4.69, 9.17) is 4.74 Å². The van der Waals surface area contributed by atoms with Gasteiger partial charge in [0.2, 0.25) is 18.2 Å². The molecule has 0 radical (unpaired) electrons. The number of rotatable bonds is 9. The van der Waals surface area contributed by atoms with Crippen LogP contribution < -0.4 is 10.1 Å². The number of amides is 1. The highest BCUT2D eigenvalue weighted by molar-refractivity contribution is 6.02. The first kappa shape index (κ1) is 28.5. The minimum atomic E-state index is -4.61. The molecule has 0 saturated carbocycles. The number of nitrogens with one attached hydrogen (secondary N) is 2. The van der Waals surface area contributed by atoms with Crippen LogP contribution in [0.15, 0.2) is 73.3 Å². The Morgan fingerprint density at radius 3 is 2.45 bits per heavy atom. The molecule has 4 aromatic heterocycles. The number of anilines is 1. The number of aromatic amines is 1. The Morgan fingerprint density at radius 2 is 1.76 bits per heavy atom. The van der Waals surface area contributed by atoms with Crippen molar-refractivity contribution in [1.82, 2.24) is 24.9 Å². The molecule has 1 aromatic carbocycles. The fourth-order valence-corrected chi connectivity index (χ4v) is 4.35. The number of nitrogens with zero attached hydrogens (tertiary/aromatic N) is 4. The van der Waals surface area contributed by atoms with E-state index >= 15 is 0 Å². The monoisotopic (exact) mass is 586 g/mol. The van der Waals surface area contributed by atoms with E-state index in [1.807, 2.05) is 0 Å². The van der Waals surface area contributed by atoms with Crippen molar-refractivity contribution in [3.63, 3.8) is 0 Å². The molecule has 0 aliphatic rings. The number of hydrogen-bond acceptors (Lipinski definition) is 6. The summed E-state index contributed by atoms with van der Waals surface area (Å²) in [5.74, 6) is -3.00. The number of alkyl halides is 5. The lowest BCUT2D eigenvalue weighted by molar-refractivity contribution is -0.153. The molecule has 1 amide bonds. The van der Waals surface area contributed by atoms with Crippen molar-refractivity contribution >= 4 is 22.8 Å². The number of aromatic nitrogens is 5. The maximum absolute atomic E-state index is 13.4. The molecule has 216 valence electrons. The molecule has 5 rings (SSSR count). The van der Waals surface area contributed by atoms with Gasteiger partial charge in [-0.1, -0.05) is 18.2 Å². The van der Waals surface area contributed by atoms with Crippen LogP contribution in [-0.2, 0) is 4.79 Å². The van der Waals surface area contributed by atoms with E-state index in [1.165, 1.54) is 30.6 Å². The van der Waals surface area contributed by atoms with Crippen LogP contribution in [0.1, 0.15) is 17.9 Å². The molecule has 2 N–H and O–H groups in total. The van der Waals surface area contributed by atoms with Gasteiger partial charge in [-0.15, -0.1) is 0 Å². The summed E-state index contributed by atoms with van der Waals surface area (Å²) in [6.07, 6.45) is -4.28. The Bertz CT molecular complexity index is 1690. The smallest absolute Gasteiger partial charge is 0.422 e. The average Bonchev–Trinajstić information content (AvgIpc) is 3.36. The third-order valence-corrected chi connectivity index (χ3v) is 6.15. The highest BCUT2D eigenvalue weighted by Gasteiger charge is 2.30. The normalized spacial score (nSPS) is 12.5. The Balaban J connectivity index is 1.54. The molecule has 0 bridgehead atoms. The minimum absolute atomic E-state index is 0.00383. The molecule has 0 spiro atoms. The second-order valence-corrected chi connectivity index (χ2v) is 9.05. The Morgan fingerprint density at radius 1 is 0.976 bits per heavy atom. The van der Waals surface area contributed by atoms with E-state index in [9.17, 15) is 31.1 Å². The van der Waals surface area contributed by atoms with Gasteiger partial charge in [-0.05, 0) is 42.0 Å². The Hall–Kier alpha value is -5.01. The number of hydrogen-bond donors (Lipinski definition) is 2. The number of H-pyrrole nitrogens is 1. The van der Waals surface area contributed by atoms with E-state index in [-0.39, 0.29) is 28.3 Å². The van der Waals surface area contributed by atoms with Crippen LogP contribution >= 0.6 is 0 Å². The van der Waals surface area contributed by atoms with Gasteiger partial charge < -0.3 is 15.0 Å². The summed E-state index contributed by atoms with van der Waals surface area (Å²) in [6.45, 7) is -1.58. The summed E-state index contributed by atoms with van der Waals surface area (Å²) in [5.41, 5.74) is 2.10. The number of halogens is 6. The number of carbonyl (C=O) groups excluding carboxylic acids is 1. The maximum Gasteiger partial charge on any atom is 0.422 e. The molecule has 1 unspecified atom stereocenters. The van der Waals surface area contributed by atoms with E-state index in [2.05, 4.69) is 30.2 Å². The first-order chi connectivity index (χ1) is 20.1. The third kappa shape index (κ3) is 6.48. The maximum atomic E-state index is 13.4. The van der Waals surface area contributed by atoms with Crippen molar-refractivity contribution in [1.29, 1.82) is 0 Å². The lowest BCUT2D eigenvalue weighted by atomic mass is 9.95. The number of fused-ring (bicyclic) bond motifs is 1. The fourth-order valence-electron chi connectivity index (χ4n) is 4.35. The molecule has 1 atom stereocenters. The molecule has 42 heavy (non-hydrogen) atoms. The van der Waals surface area contributed by atoms with Gasteiger partial charge >= 0.3 is 6.18 Å². The van der Waals surface area contributed by atoms with Crippen LogP contribution in [0.5, 0.6) is 5.88 Å². The molecule has 0 fully saturated rings. The van der Waals surface area contributed by atoms with Gasteiger partial charge in [0.25, 0.3) is 0 Å². The molecular weight excluding hydrogens is 566 g/mol. The zero-order chi connectivity index (χ0) is 29.9. The summed E-state index contributed by atoms with van der Waals surface area (Å²) < 4.78 is 83.6. The minimum Gasteiger partial charge on any atom is -0.466 e. The topological polar surface area (TPSA) is 106 Å². The number of benzene rings is 1. The first-order valence-corrected chi connectivity index (χ1v) is 12.4. The first-order valence-electron chi connectivity index (χ1n) is 12.4. The highest BCUT2D eigenvalue weighted by Crippen LogP contribution is 2.39. The van der Waals surface area contributed by atoms with Crippen molar-refractivity contribution in [3.05, 3.63) is 84.7 Å². The lowest BCUT2D eigenvalue weighted by Crippen LogP contribution is -2.23. The summed E-state index contributed by atoms with van der Waals surface area (Å²) in [7, 11) is 0. The van der Waals surface area contributed by atoms with Gasteiger partial charge in [-0.3, -0.25) is 9.78 Å². The summed E-state index contributed by atoms with van der Waals surface area (Å²) >= 11 is 0. The van der Waals surface area contributed by atoms with E-state index in [0.29, 0.717) is 22.5 Å². The highest BCUT2D eigenvalue weighted by atomic mass is 19.4. The van der Waals surface area contributed by atoms with Crippen LogP contribution in [-0.4, -0.2) is 50.0 Å². The quantitative estimate of drug-likeness (QED) is 0.190. The lowest BCUT2D eigenvalue weighted by Gasteiger charge is -2.17. The number of pyridine rings is 2. The summed E-state index contributed by atoms with van der Waals surface area (Å²) in [6, 6.07) is 12.7.